The lowest BCUT2D eigenvalue weighted by atomic mass is 9.83. The van der Waals surface area contributed by atoms with Crippen molar-refractivity contribution in [3.8, 4) is 0 Å². The molecule has 0 bridgehead atoms. The predicted molar refractivity (Wildman–Crippen MR) is 141 cm³/mol. The smallest absolute Gasteiger partial charge is 0.254 e. The first-order valence-corrected chi connectivity index (χ1v) is 12.7. The molecule has 0 radical (unpaired) electrons. The second-order valence-corrected chi connectivity index (χ2v) is 9.65. The number of nitrogens with one attached hydrogen (secondary N) is 1. The molecule has 2 amide bonds. The third-order valence-corrected chi connectivity index (χ3v) is 7.33. The van der Waals surface area contributed by atoms with Gasteiger partial charge in [0, 0.05) is 36.6 Å². The van der Waals surface area contributed by atoms with Crippen LogP contribution in [0.15, 0.2) is 78.9 Å². The van der Waals surface area contributed by atoms with Gasteiger partial charge in [-0.15, -0.1) is 0 Å². The molecule has 3 aromatic rings. The van der Waals surface area contributed by atoms with Crippen LogP contribution < -0.4 is 10.2 Å². The van der Waals surface area contributed by atoms with Crippen LogP contribution in [0.4, 0.5) is 11.4 Å². The highest BCUT2D eigenvalue weighted by molar-refractivity contribution is 5.98. The number of likely N-dealkylation sites (tertiary alicyclic amines) is 1. The van der Waals surface area contributed by atoms with Gasteiger partial charge in [0.2, 0.25) is 5.91 Å². The fraction of sp³-hybridized carbons (Fsp3) is 0.333. The first kappa shape index (κ1) is 23.2. The minimum Gasteiger partial charge on any atom is -0.371 e. The van der Waals surface area contributed by atoms with Crippen molar-refractivity contribution >= 4 is 23.2 Å². The van der Waals surface area contributed by atoms with E-state index in [1.165, 1.54) is 12.8 Å². The Bertz CT molecular complexity index is 1190. The molecule has 2 aliphatic heterocycles. The molecule has 0 spiro atoms. The van der Waals surface area contributed by atoms with Crippen LogP contribution in [0.1, 0.15) is 53.2 Å². The maximum absolute atomic E-state index is 13.7. The molecule has 5 nitrogen and oxygen atoms in total. The van der Waals surface area contributed by atoms with Crippen molar-refractivity contribution < 1.29 is 9.59 Å². The van der Waals surface area contributed by atoms with Crippen LogP contribution in [-0.4, -0.2) is 36.3 Å². The number of anilines is 2. The van der Waals surface area contributed by atoms with E-state index in [4.69, 9.17) is 0 Å². The van der Waals surface area contributed by atoms with E-state index in [1.54, 1.807) is 0 Å². The van der Waals surface area contributed by atoms with E-state index in [0.717, 1.165) is 48.4 Å². The molecular formula is C30H33N3O2. The third-order valence-electron chi connectivity index (χ3n) is 7.33. The highest BCUT2D eigenvalue weighted by Gasteiger charge is 2.39. The van der Waals surface area contributed by atoms with Gasteiger partial charge in [0.1, 0.15) is 0 Å². The molecule has 180 valence electrons. The number of rotatable bonds is 5. The van der Waals surface area contributed by atoms with Crippen LogP contribution in [0.3, 0.4) is 0 Å². The molecule has 0 aliphatic carbocycles. The van der Waals surface area contributed by atoms with Gasteiger partial charge in [-0.05, 0) is 68.0 Å². The summed E-state index contributed by atoms with van der Waals surface area (Å²) in [6.45, 7) is 4.73. The zero-order chi connectivity index (χ0) is 24.2. The van der Waals surface area contributed by atoms with Crippen LogP contribution in [0.5, 0.6) is 0 Å². The average Bonchev–Trinajstić information content (AvgIpc) is 3.44. The van der Waals surface area contributed by atoms with Crippen molar-refractivity contribution in [1.29, 1.82) is 0 Å². The molecule has 2 unspecified atom stereocenters. The highest BCUT2D eigenvalue weighted by atomic mass is 16.2. The monoisotopic (exact) mass is 467 g/mol. The number of benzene rings is 3. The molecule has 2 heterocycles. The zero-order valence-electron chi connectivity index (χ0n) is 20.3. The minimum atomic E-state index is -0.324. The largest absolute Gasteiger partial charge is 0.371 e. The van der Waals surface area contributed by atoms with Gasteiger partial charge in [-0.25, -0.2) is 0 Å². The lowest BCUT2D eigenvalue weighted by molar-refractivity contribution is -0.123. The number of piperidine rings is 1. The van der Waals surface area contributed by atoms with Gasteiger partial charge in [0.15, 0.2) is 0 Å². The van der Waals surface area contributed by atoms with E-state index < -0.39 is 0 Å². The summed E-state index contributed by atoms with van der Waals surface area (Å²) in [4.78, 5) is 31.7. The quantitative estimate of drug-likeness (QED) is 0.514. The van der Waals surface area contributed by atoms with Gasteiger partial charge in [0.05, 0.1) is 12.0 Å². The lowest BCUT2D eigenvalue weighted by Gasteiger charge is -2.41. The molecule has 1 N–H and O–H groups in total. The molecular weight excluding hydrogens is 434 g/mol. The van der Waals surface area contributed by atoms with Crippen molar-refractivity contribution in [2.75, 3.05) is 29.9 Å². The fourth-order valence-corrected chi connectivity index (χ4v) is 5.52. The Hall–Kier alpha value is -3.60. The molecule has 2 fully saturated rings. The Balaban J connectivity index is 1.43. The van der Waals surface area contributed by atoms with E-state index in [9.17, 15) is 9.59 Å². The maximum Gasteiger partial charge on any atom is 0.254 e. The second-order valence-electron chi connectivity index (χ2n) is 9.65. The van der Waals surface area contributed by atoms with Gasteiger partial charge in [-0.2, -0.15) is 0 Å². The van der Waals surface area contributed by atoms with Crippen LogP contribution in [0.2, 0.25) is 0 Å². The van der Waals surface area contributed by atoms with Crippen LogP contribution >= 0.6 is 0 Å². The molecule has 2 atom stereocenters. The Morgan fingerprint density at radius 3 is 2.34 bits per heavy atom. The van der Waals surface area contributed by atoms with E-state index >= 15 is 0 Å². The summed E-state index contributed by atoms with van der Waals surface area (Å²) in [6.07, 6.45) is 3.96. The number of carbonyl (C=O) groups excluding carboxylic acids is 2. The SMILES string of the molecule is Cc1ccccc1C(=O)N1CCCC(C(=O)Nc2cccc(N3CCCC3)c2)C1c1ccccc1. The molecule has 0 saturated carbocycles. The Labute approximate surface area is 207 Å². The predicted octanol–water partition coefficient (Wildman–Crippen LogP) is 5.83. The number of hydrogen-bond acceptors (Lipinski definition) is 3. The van der Waals surface area contributed by atoms with E-state index in [2.05, 4.69) is 22.3 Å². The third kappa shape index (κ3) is 4.95. The Morgan fingerprint density at radius 2 is 1.57 bits per heavy atom. The summed E-state index contributed by atoms with van der Waals surface area (Å²) in [7, 11) is 0. The van der Waals surface area contributed by atoms with Crippen LogP contribution in [0, 0.1) is 12.8 Å². The second kappa shape index (κ2) is 10.3. The summed E-state index contributed by atoms with van der Waals surface area (Å²) in [5, 5.41) is 3.18. The van der Waals surface area contributed by atoms with Crippen LogP contribution in [-0.2, 0) is 4.79 Å². The van der Waals surface area contributed by atoms with Gasteiger partial charge >= 0.3 is 0 Å². The normalized spacial score (nSPS) is 20.0. The Kier molecular flexibility index (Phi) is 6.84. The van der Waals surface area contributed by atoms with Crippen molar-refractivity contribution in [3.05, 3.63) is 95.6 Å². The molecule has 5 rings (SSSR count). The van der Waals surface area contributed by atoms with Gasteiger partial charge in [-0.1, -0.05) is 54.6 Å². The summed E-state index contributed by atoms with van der Waals surface area (Å²) in [6, 6.07) is 25.5. The summed E-state index contributed by atoms with van der Waals surface area (Å²) < 4.78 is 0. The van der Waals surface area contributed by atoms with Gasteiger partial charge in [0.25, 0.3) is 5.91 Å². The molecule has 0 aromatic heterocycles. The van der Waals surface area contributed by atoms with E-state index in [1.807, 2.05) is 78.6 Å². The number of amides is 2. The summed E-state index contributed by atoms with van der Waals surface area (Å²) in [5.41, 5.74) is 4.62. The number of hydrogen-bond donors (Lipinski definition) is 1. The van der Waals surface area contributed by atoms with Crippen molar-refractivity contribution in [2.24, 2.45) is 5.92 Å². The molecule has 5 heteroatoms. The highest BCUT2D eigenvalue weighted by Crippen LogP contribution is 2.38. The first-order chi connectivity index (χ1) is 17.1. The standard InChI is InChI=1S/C30H33N3O2/c1-22-11-5-6-16-26(22)30(35)33-20-10-17-27(28(33)23-12-3-2-4-13-23)29(34)31-24-14-9-15-25(21-24)32-18-7-8-19-32/h2-6,9,11-16,21,27-28H,7-8,10,17-20H2,1H3,(H,31,34). The maximum atomic E-state index is 13.7. The topological polar surface area (TPSA) is 52.7 Å². The number of carbonyl (C=O) groups is 2. The van der Waals surface area contributed by atoms with Crippen molar-refractivity contribution in [1.82, 2.24) is 4.90 Å². The summed E-state index contributed by atoms with van der Waals surface area (Å²) in [5.74, 6) is -0.361. The van der Waals surface area contributed by atoms with Crippen molar-refractivity contribution in [3.63, 3.8) is 0 Å². The zero-order valence-corrected chi connectivity index (χ0v) is 20.3. The molecule has 2 saturated heterocycles. The summed E-state index contributed by atoms with van der Waals surface area (Å²) >= 11 is 0. The van der Waals surface area contributed by atoms with Crippen LogP contribution in [0.25, 0.3) is 0 Å². The van der Waals surface area contributed by atoms with Gasteiger partial charge < -0.3 is 15.1 Å². The minimum absolute atomic E-state index is 0.00881. The molecule has 35 heavy (non-hydrogen) atoms. The van der Waals surface area contributed by atoms with E-state index in [0.29, 0.717) is 12.1 Å². The van der Waals surface area contributed by atoms with E-state index in [-0.39, 0.29) is 23.8 Å². The number of nitrogens with zero attached hydrogens (tertiary/aromatic N) is 2. The fourth-order valence-electron chi connectivity index (χ4n) is 5.52. The number of aryl methyl sites for hydroxylation is 1. The average molecular weight is 468 g/mol. The van der Waals surface area contributed by atoms with Gasteiger partial charge in [-0.3, -0.25) is 9.59 Å². The lowest BCUT2D eigenvalue weighted by Crippen LogP contribution is -2.46. The molecule has 2 aliphatic rings. The van der Waals surface area contributed by atoms with Crippen molar-refractivity contribution in [2.45, 2.75) is 38.6 Å². The molecule has 3 aromatic carbocycles. The Morgan fingerprint density at radius 1 is 0.829 bits per heavy atom. The first-order valence-electron chi connectivity index (χ1n) is 12.7.